The van der Waals surface area contributed by atoms with Crippen LogP contribution >= 0.6 is 0 Å². The van der Waals surface area contributed by atoms with Gasteiger partial charge < -0.3 is 40.1 Å². The van der Waals surface area contributed by atoms with Crippen LogP contribution in [0.4, 0.5) is 0 Å². The molecule has 0 aliphatic heterocycles. The molecular weight excluding hydrogens is 1120 g/mol. The van der Waals surface area contributed by atoms with Crippen molar-refractivity contribution in [1.29, 1.82) is 0 Å². The van der Waals surface area contributed by atoms with Crippen molar-refractivity contribution >= 4 is 47.0 Å². The maximum Gasteiger partial charge on any atom is 0.305 e. The van der Waals surface area contributed by atoms with Gasteiger partial charge in [-0.3, -0.25) is 48.2 Å². The lowest BCUT2D eigenvalue weighted by molar-refractivity contribution is -0.145. The Balaban J connectivity index is 0.00000110. The molecule has 0 radical (unpaired) electrons. The summed E-state index contributed by atoms with van der Waals surface area (Å²) in [6, 6.07) is 27.2. The number of carbonyl (C=O) groups excluding carboxylic acids is 6. The first-order valence-electron chi connectivity index (χ1n) is 30.9. The van der Waals surface area contributed by atoms with Gasteiger partial charge in [-0.2, -0.15) is 0 Å². The van der Waals surface area contributed by atoms with E-state index in [0.29, 0.717) is 48.2 Å². The number of aliphatic hydroxyl groups is 4. The van der Waals surface area contributed by atoms with Gasteiger partial charge in [-0.05, 0) is 117 Å². The first-order valence-corrected chi connectivity index (χ1v) is 30.9. The first kappa shape index (κ1) is 75.4. The Morgan fingerprint density at radius 1 is 0.341 bits per heavy atom. The summed E-state index contributed by atoms with van der Waals surface area (Å²) in [5.41, 5.74) is -1.25. The molecule has 6 N–H and O–H groups in total. The Bertz CT molecular complexity index is 2500. The van der Waals surface area contributed by atoms with Gasteiger partial charge in [0.25, 0.3) is 0 Å². The summed E-state index contributed by atoms with van der Waals surface area (Å²) in [5, 5.41) is 57.8. The summed E-state index contributed by atoms with van der Waals surface area (Å²) in [4.78, 5) is 101. The number of nitrogens with zero attached hydrogens (tertiary/aromatic N) is 2. The predicted molar refractivity (Wildman–Crippen MR) is 338 cm³/mol. The van der Waals surface area contributed by atoms with Crippen LogP contribution in [0, 0.1) is 0 Å². The number of aliphatic carboxylic acids is 2. The number of carboxylic acid groups (broad SMARTS) is 2. The van der Waals surface area contributed by atoms with E-state index in [-0.39, 0.29) is 62.9 Å². The molecule has 0 bridgehead atoms. The average Bonchev–Trinajstić information content (AvgIpc) is 2.71. The van der Waals surface area contributed by atoms with E-state index in [1.165, 1.54) is 55.4 Å². The van der Waals surface area contributed by atoms with Crippen molar-refractivity contribution in [2.45, 2.75) is 205 Å². The maximum atomic E-state index is 12.7. The van der Waals surface area contributed by atoms with Crippen molar-refractivity contribution in [2.24, 2.45) is 0 Å². The third kappa shape index (κ3) is 27.3. The van der Waals surface area contributed by atoms with Crippen LogP contribution in [0.1, 0.15) is 247 Å². The van der Waals surface area contributed by atoms with Crippen molar-refractivity contribution in [3.05, 3.63) is 142 Å². The van der Waals surface area contributed by atoms with Crippen molar-refractivity contribution in [3.63, 3.8) is 0 Å². The third-order valence-electron chi connectivity index (χ3n) is 15.0. The molecule has 0 spiro atoms. The van der Waals surface area contributed by atoms with E-state index in [1.807, 2.05) is 72.4 Å². The summed E-state index contributed by atoms with van der Waals surface area (Å²) in [5.74, 6) is -3.63. The van der Waals surface area contributed by atoms with Gasteiger partial charge in [-0.1, -0.05) is 161 Å². The minimum absolute atomic E-state index is 0.146. The SMILES string of the molecule is CN(CCOC(=O)CCCCCCCCC(=O)OCCN(C)C(c1ccc(C(=O)C(C)(C)O)cc1)c1ccc(C(=O)C(C)(C)O)cc1)C(c1ccc(C(=O)C(C)(C)O)cc1)c1ccc(C(=O)C(C)(C)O)cc1.O=C(O)CCCCCCCCCCC(=O)O. The predicted octanol–water partition coefficient (Wildman–Crippen LogP) is 11.5. The number of ether oxygens (including phenoxy) is 2. The molecule has 18 heteroatoms. The van der Waals surface area contributed by atoms with Crippen LogP contribution in [0.15, 0.2) is 97.1 Å². The summed E-state index contributed by atoms with van der Waals surface area (Å²) >= 11 is 0. The van der Waals surface area contributed by atoms with Crippen LogP contribution in [-0.4, -0.2) is 150 Å². The third-order valence-corrected chi connectivity index (χ3v) is 15.0. The highest BCUT2D eigenvalue weighted by molar-refractivity contribution is 6.03. The highest BCUT2D eigenvalue weighted by Gasteiger charge is 2.30. The van der Waals surface area contributed by atoms with Crippen molar-refractivity contribution < 1.29 is 78.5 Å². The molecule has 0 fully saturated rings. The number of carboxylic acids is 2. The molecule has 0 aliphatic carbocycles. The Hall–Kier alpha value is -6.80. The standard InChI is InChI=1S/C58H76N2O12.C12H22O4/c1-55(2,67)51(63)43-27-19-39(20-28-43)49(40-21-29-44(30-22-40)52(64)56(3,4)68)59(9)35-37-71-47(61)17-15-13-11-12-14-16-18-48(62)72-38-36-60(10)50(41-23-31-45(32-24-41)53(65)57(5,6)69)42-25-33-46(34-26-42)54(66)58(7,8)70;13-11(14)9-7-5-3-1-2-4-6-8-10-12(15)16/h19-34,49-50,67-70H,11-18,35-38H2,1-10H3;1-10H2,(H,13,14)(H,15,16). The zero-order valence-corrected chi connectivity index (χ0v) is 53.6. The average molecular weight is 1220 g/mol. The quantitative estimate of drug-likeness (QED) is 0.0137. The van der Waals surface area contributed by atoms with Gasteiger partial charge in [0, 0.05) is 61.0 Å². The van der Waals surface area contributed by atoms with Crippen molar-refractivity contribution in [3.8, 4) is 0 Å². The summed E-state index contributed by atoms with van der Waals surface area (Å²) < 4.78 is 11.2. The van der Waals surface area contributed by atoms with Crippen LogP contribution in [0.25, 0.3) is 0 Å². The normalized spacial score (nSPS) is 12.0. The summed E-state index contributed by atoms with van der Waals surface area (Å²) in [6.45, 7) is 12.6. The fourth-order valence-corrected chi connectivity index (χ4v) is 9.95. The maximum absolute atomic E-state index is 12.7. The fourth-order valence-electron chi connectivity index (χ4n) is 9.95. The van der Waals surface area contributed by atoms with Crippen LogP contribution in [0.3, 0.4) is 0 Å². The minimum Gasteiger partial charge on any atom is -0.481 e. The summed E-state index contributed by atoms with van der Waals surface area (Å²) in [6.07, 6.45) is 13.9. The minimum atomic E-state index is -1.52. The van der Waals surface area contributed by atoms with E-state index in [9.17, 15) is 58.8 Å². The number of rotatable bonds is 40. The van der Waals surface area contributed by atoms with Gasteiger partial charge in [0.2, 0.25) is 0 Å². The molecule has 0 saturated heterocycles. The largest absolute Gasteiger partial charge is 0.481 e. The lowest BCUT2D eigenvalue weighted by atomic mass is 9.91. The molecule has 484 valence electrons. The van der Waals surface area contributed by atoms with Crippen LogP contribution < -0.4 is 0 Å². The smallest absolute Gasteiger partial charge is 0.305 e. The molecule has 0 amide bonds. The van der Waals surface area contributed by atoms with Crippen molar-refractivity contribution in [2.75, 3.05) is 40.4 Å². The number of likely N-dealkylation sites (N-methyl/N-ethyl adjacent to an activating group) is 2. The number of ketones is 4. The molecular formula is C70H98N2O16. The number of benzene rings is 4. The van der Waals surface area contributed by atoms with Gasteiger partial charge in [-0.15, -0.1) is 0 Å². The molecule has 0 saturated carbocycles. The van der Waals surface area contributed by atoms with Crippen LogP contribution in [0.2, 0.25) is 0 Å². The Morgan fingerprint density at radius 3 is 0.727 bits per heavy atom. The topological polar surface area (TPSA) is 283 Å². The van der Waals surface area contributed by atoms with Gasteiger partial charge in [-0.25, -0.2) is 0 Å². The number of carbonyl (C=O) groups is 8. The van der Waals surface area contributed by atoms with E-state index in [0.717, 1.165) is 99.3 Å². The van der Waals surface area contributed by atoms with E-state index >= 15 is 0 Å². The van der Waals surface area contributed by atoms with Gasteiger partial charge >= 0.3 is 23.9 Å². The van der Waals surface area contributed by atoms with Crippen molar-refractivity contribution in [1.82, 2.24) is 9.80 Å². The first-order chi connectivity index (χ1) is 41.2. The monoisotopic (exact) mass is 1220 g/mol. The molecule has 4 aromatic carbocycles. The van der Waals surface area contributed by atoms with E-state index < -0.39 is 57.5 Å². The van der Waals surface area contributed by atoms with Crippen LogP contribution in [0.5, 0.6) is 0 Å². The molecule has 88 heavy (non-hydrogen) atoms. The zero-order valence-electron chi connectivity index (χ0n) is 53.6. The lowest BCUT2D eigenvalue weighted by Gasteiger charge is -2.29. The molecule has 4 rings (SSSR count). The van der Waals surface area contributed by atoms with Gasteiger partial charge in [0.1, 0.15) is 35.6 Å². The molecule has 18 nitrogen and oxygen atoms in total. The highest BCUT2D eigenvalue weighted by Crippen LogP contribution is 2.32. The molecule has 0 unspecified atom stereocenters. The second-order valence-corrected chi connectivity index (χ2v) is 25.0. The van der Waals surface area contributed by atoms with Gasteiger partial charge in [0.15, 0.2) is 23.1 Å². The summed E-state index contributed by atoms with van der Waals surface area (Å²) in [7, 11) is 3.78. The Labute approximate surface area is 520 Å². The lowest BCUT2D eigenvalue weighted by Crippen LogP contribution is -2.32. The number of hydrogen-bond acceptors (Lipinski definition) is 16. The molecule has 0 heterocycles. The fraction of sp³-hybridized carbons (Fsp3) is 0.543. The molecule has 4 aromatic rings. The second-order valence-electron chi connectivity index (χ2n) is 25.0. The zero-order chi connectivity index (χ0) is 65.8. The highest BCUT2D eigenvalue weighted by atomic mass is 16.5. The number of unbranched alkanes of at least 4 members (excludes halogenated alkanes) is 12. The van der Waals surface area contributed by atoms with Gasteiger partial charge in [0.05, 0.1) is 12.1 Å². The van der Waals surface area contributed by atoms with E-state index in [1.54, 1.807) is 48.5 Å². The molecule has 0 aliphatic rings. The number of hydrogen-bond donors (Lipinski definition) is 6. The Kier molecular flexibility index (Phi) is 31.4. The number of esters is 2. The number of Topliss-reactive ketones (excluding diaryl/α,β-unsaturated/α-hetero) is 4. The van der Waals surface area contributed by atoms with E-state index in [2.05, 4.69) is 0 Å². The molecule has 0 atom stereocenters. The molecule has 0 aromatic heterocycles. The second kappa shape index (κ2) is 36.6. The Morgan fingerprint density at radius 2 is 0.534 bits per heavy atom. The van der Waals surface area contributed by atoms with Crippen LogP contribution in [-0.2, 0) is 28.7 Å². The van der Waals surface area contributed by atoms with E-state index in [4.69, 9.17) is 19.7 Å².